The van der Waals surface area contributed by atoms with Crippen molar-refractivity contribution in [1.29, 1.82) is 0 Å². The maximum absolute atomic E-state index is 11.1. The molecular weight excluding hydrogens is 208 g/mol. The molecule has 0 aromatic carbocycles. The number of nitrogens with zero attached hydrogens (tertiary/aromatic N) is 2. The normalized spacial score (nSPS) is 16.6. The summed E-state index contributed by atoms with van der Waals surface area (Å²) in [6.45, 7) is 2.93. The van der Waals surface area contributed by atoms with Crippen molar-refractivity contribution >= 4 is 9.84 Å². The SMILES string of the molecule is CC(O)c1nc(C(C)S(C)(=O)=O)no1. The van der Waals surface area contributed by atoms with Gasteiger partial charge in [0.25, 0.3) is 5.89 Å². The molecule has 80 valence electrons. The Hall–Kier alpha value is -0.950. The van der Waals surface area contributed by atoms with E-state index in [9.17, 15) is 8.42 Å². The molecule has 0 bridgehead atoms. The highest BCUT2D eigenvalue weighted by Gasteiger charge is 2.23. The van der Waals surface area contributed by atoms with Crippen molar-refractivity contribution in [3.05, 3.63) is 11.7 Å². The number of rotatable bonds is 3. The minimum Gasteiger partial charge on any atom is -0.384 e. The predicted molar refractivity (Wildman–Crippen MR) is 48.2 cm³/mol. The van der Waals surface area contributed by atoms with Crippen LogP contribution < -0.4 is 0 Å². The van der Waals surface area contributed by atoms with E-state index in [0.29, 0.717) is 0 Å². The van der Waals surface area contributed by atoms with Gasteiger partial charge in [0.05, 0.1) is 0 Å². The van der Waals surface area contributed by atoms with Crippen molar-refractivity contribution < 1.29 is 18.0 Å². The Balaban J connectivity index is 2.98. The van der Waals surface area contributed by atoms with Gasteiger partial charge >= 0.3 is 0 Å². The molecule has 0 aliphatic heterocycles. The van der Waals surface area contributed by atoms with Crippen LogP contribution in [0.25, 0.3) is 0 Å². The fraction of sp³-hybridized carbons (Fsp3) is 0.714. The van der Waals surface area contributed by atoms with E-state index < -0.39 is 21.2 Å². The Morgan fingerprint density at radius 2 is 2.00 bits per heavy atom. The van der Waals surface area contributed by atoms with Gasteiger partial charge in [-0.25, -0.2) is 8.42 Å². The molecule has 14 heavy (non-hydrogen) atoms. The molecule has 0 spiro atoms. The molecule has 6 nitrogen and oxygen atoms in total. The third-order valence-electron chi connectivity index (χ3n) is 1.82. The van der Waals surface area contributed by atoms with Crippen LogP contribution in [0.3, 0.4) is 0 Å². The summed E-state index contributed by atoms with van der Waals surface area (Å²) >= 11 is 0. The molecule has 2 unspecified atom stereocenters. The van der Waals surface area contributed by atoms with E-state index >= 15 is 0 Å². The highest BCUT2D eigenvalue weighted by Crippen LogP contribution is 2.19. The Morgan fingerprint density at radius 1 is 1.43 bits per heavy atom. The molecule has 0 aliphatic carbocycles. The number of aliphatic hydroxyl groups excluding tert-OH is 1. The molecule has 0 amide bonds. The topological polar surface area (TPSA) is 93.3 Å². The maximum Gasteiger partial charge on any atom is 0.255 e. The number of sulfone groups is 1. The summed E-state index contributed by atoms with van der Waals surface area (Å²) in [7, 11) is -3.23. The second-order valence-corrected chi connectivity index (χ2v) is 5.50. The summed E-state index contributed by atoms with van der Waals surface area (Å²) < 4.78 is 26.9. The van der Waals surface area contributed by atoms with Crippen molar-refractivity contribution in [1.82, 2.24) is 10.1 Å². The summed E-state index contributed by atoms with van der Waals surface area (Å²) in [4.78, 5) is 3.77. The highest BCUT2D eigenvalue weighted by molar-refractivity contribution is 7.90. The van der Waals surface area contributed by atoms with Crippen LogP contribution in [0.2, 0.25) is 0 Å². The average molecular weight is 220 g/mol. The second kappa shape index (κ2) is 3.66. The summed E-state index contributed by atoms with van der Waals surface area (Å²) in [6, 6.07) is 0. The summed E-state index contributed by atoms with van der Waals surface area (Å²) in [5, 5.41) is 11.7. The number of hydrogen-bond acceptors (Lipinski definition) is 6. The number of hydrogen-bond donors (Lipinski definition) is 1. The first kappa shape index (κ1) is 11.1. The summed E-state index contributed by atoms with van der Waals surface area (Å²) in [6.07, 6.45) is 0.207. The fourth-order valence-corrected chi connectivity index (χ4v) is 1.25. The third-order valence-corrected chi connectivity index (χ3v) is 3.32. The van der Waals surface area contributed by atoms with Crippen LogP contribution in [0.1, 0.15) is 36.9 Å². The highest BCUT2D eigenvalue weighted by atomic mass is 32.2. The number of aliphatic hydroxyl groups is 1. The lowest BCUT2D eigenvalue weighted by atomic mass is 10.4. The lowest BCUT2D eigenvalue weighted by Gasteiger charge is -2.01. The van der Waals surface area contributed by atoms with Gasteiger partial charge in [-0.3, -0.25) is 0 Å². The van der Waals surface area contributed by atoms with E-state index in [1.807, 2.05) is 0 Å². The van der Waals surface area contributed by atoms with Gasteiger partial charge in [-0.15, -0.1) is 0 Å². The van der Waals surface area contributed by atoms with Crippen LogP contribution in [-0.4, -0.2) is 29.9 Å². The maximum atomic E-state index is 11.1. The molecule has 2 atom stereocenters. The largest absolute Gasteiger partial charge is 0.384 e. The van der Waals surface area contributed by atoms with Gasteiger partial charge in [-0.05, 0) is 13.8 Å². The van der Waals surface area contributed by atoms with Gasteiger partial charge in [-0.2, -0.15) is 4.98 Å². The van der Waals surface area contributed by atoms with Crippen LogP contribution in [0, 0.1) is 0 Å². The van der Waals surface area contributed by atoms with Crippen molar-refractivity contribution in [3.8, 4) is 0 Å². The van der Waals surface area contributed by atoms with Crippen molar-refractivity contribution in [2.24, 2.45) is 0 Å². The quantitative estimate of drug-likeness (QED) is 0.783. The van der Waals surface area contributed by atoms with Crippen LogP contribution in [0.5, 0.6) is 0 Å². The molecule has 7 heteroatoms. The first-order valence-corrected chi connectivity index (χ1v) is 5.98. The Morgan fingerprint density at radius 3 is 2.36 bits per heavy atom. The zero-order valence-corrected chi connectivity index (χ0v) is 8.95. The van der Waals surface area contributed by atoms with E-state index in [1.54, 1.807) is 0 Å². The minimum atomic E-state index is -3.23. The number of aromatic nitrogens is 2. The molecule has 1 N–H and O–H groups in total. The predicted octanol–water partition coefficient (Wildman–Crippen LogP) is 0.228. The van der Waals surface area contributed by atoms with E-state index in [4.69, 9.17) is 5.11 Å². The van der Waals surface area contributed by atoms with E-state index in [-0.39, 0.29) is 11.7 Å². The van der Waals surface area contributed by atoms with Crippen LogP contribution in [0.4, 0.5) is 0 Å². The molecule has 1 rings (SSSR count). The Bertz CT molecular complexity index is 409. The molecule has 0 saturated carbocycles. The van der Waals surface area contributed by atoms with Crippen molar-refractivity contribution in [3.63, 3.8) is 0 Å². The van der Waals surface area contributed by atoms with E-state index in [1.165, 1.54) is 13.8 Å². The van der Waals surface area contributed by atoms with Crippen LogP contribution in [-0.2, 0) is 9.84 Å². The molecule has 1 aromatic heterocycles. The minimum absolute atomic E-state index is 0.0236. The van der Waals surface area contributed by atoms with E-state index in [2.05, 4.69) is 14.7 Å². The van der Waals surface area contributed by atoms with Crippen LogP contribution >= 0.6 is 0 Å². The average Bonchev–Trinajstić information content (AvgIpc) is 2.48. The molecule has 0 aliphatic rings. The Kier molecular flexibility index (Phi) is 2.91. The van der Waals surface area contributed by atoms with Gasteiger partial charge in [0.2, 0.25) is 0 Å². The lowest BCUT2D eigenvalue weighted by molar-refractivity contribution is 0.151. The van der Waals surface area contributed by atoms with Gasteiger partial charge in [-0.1, -0.05) is 5.16 Å². The standard InChI is InChI=1S/C7H12N2O4S/c1-4(10)7-8-6(9-13-7)5(2)14(3,11)12/h4-5,10H,1-3H3. The molecular formula is C7H12N2O4S. The molecule has 1 aromatic rings. The van der Waals surface area contributed by atoms with Gasteiger partial charge in [0, 0.05) is 6.26 Å². The lowest BCUT2D eigenvalue weighted by Crippen LogP contribution is -2.09. The zero-order chi connectivity index (χ0) is 10.9. The van der Waals surface area contributed by atoms with Crippen molar-refractivity contribution in [2.45, 2.75) is 25.2 Å². The fourth-order valence-electron chi connectivity index (χ4n) is 0.774. The zero-order valence-electron chi connectivity index (χ0n) is 8.13. The first-order chi connectivity index (χ1) is 6.32. The summed E-state index contributed by atoms with van der Waals surface area (Å²) in [5.74, 6) is 0.0962. The van der Waals surface area contributed by atoms with Crippen molar-refractivity contribution in [2.75, 3.05) is 6.26 Å². The smallest absolute Gasteiger partial charge is 0.255 e. The second-order valence-electron chi connectivity index (χ2n) is 3.14. The van der Waals surface area contributed by atoms with Gasteiger partial charge in [0.15, 0.2) is 15.7 Å². The molecule has 1 heterocycles. The van der Waals surface area contributed by atoms with E-state index in [0.717, 1.165) is 6.26 Å². The Labute approximate surface area is 81.9 Å². The molecule has 0 saturated heterocycles. The van der Waals surface area contributed by atoms with Gasteiger partial charge in [0.1, 0.15) is 11.4 Å². The molecule has 0 fully saturated rings. The molecule has 0 radical (unpaired) electrons. The van der Waals surface area contributed by atoms with Gasteiger partial charge < -0.3 is 9.63 Å². The van der Waals surface area contributed by atoms with Crippen LogP contribution in [0.15, 0.2) is 4.52 Å². The third kappa shape index (κ3) is 2.30. The monoisotopic (exact) mass is 220 g/mol. The first-order valence-electron chi connectivity index (χ1n) is 4.03. The summed E-state index contributed by atoms with van der Waals surface area (Å²) in [5.41, 5.74) is 0.